The number of aromatic nitrogens is 1. The minimum absolute atomic E-state index is 0.0980. The first-order valence-electron chi connectivity index (χ1n) is 8.84. The Morgan fingerprint density at radius 3 is 2.84 bits per heavy atom. The molecule has 0 radical (unpaired) electrons. The Balaban J connectivity index is 1.36. The summed E-state index contributed by atoms with van der Waals surface area (Å²) in [6.45, 7) is 2.58. The van der Waals surface area contributed by atoms with Gasteiger partial charge in [0.1, 0.15) is 0 Å². The molecule has 3 atom stereocenters. The maximum atomic E-state index is 12.5. The van der Waals surface area contributed by atoms with Gasteiger partial charge in [-0.2, -0.15) is 0 Å². The standard InChI is InChI=1S/C18H23N3O4/c1-24-18(23)13-4-12(6-19-7-13)17(22)20-14-5-15-10-25-16(11-2-3-11)9-21(15)8-14/h4,6-7,11,14-16H,2-3,5,8-10H2,1H3,(H,20,22)/t14-,15-,16+/m0/s1. The van der Waals surface area contributed by atoms with Crippen molar-refractivity contribution in [1.29, 1.82) is 0 Å². The second kappa shape index (κ2) is 6.72. The van der Waals surface area contributed by atoms with Crippen LogP contribution in [-0.4, -0.2) is 66.8 Å². The quantitative estimate of drug-likeness (QED) is 0.815. The van der Waals surface area contributed by atoms with Gasteiger partial charge < -0.3 is 14.8 Å². The van der Waals surface area contributed by atoms with E-state index in [0.29, 0.717) is 17.7 Å². The summed E-state index contributed by atoms with van der Waals surface area (Å²) in [6, 6.07) is 2.00. The Bertz CT molecular complexity index is 676. The zero-order valence-corrected chi connectivity index (χ0v) is 14.3. The van der Waals surface area contributed by atoms with E-state index in [2.05, 4.69) is 19.9 Å². The van der Waals surface area contributed by atoms with Crippen LogP contribution in [0.3, 0.4) is 0 Å². The van der Waals surface area contributed by atoms with Crippen LogP contribution >= 0.6 is 0 Å². The van der Waals surface area contributed by atoms with Gasteiger partial charge in [0.25, 0.3) is 5.91 Å². The molecule has 1 aromatic rings. The number of morpholine rings is 1. The Labute approximate surface area is 146 Å². The average molecular weight is 345 g/mol. The Morgan fingerprint density at radius 2 is 2.08 bits per heavy atom. The molecule has 7 nitrogen and oxygen atoms in total. The zero-order chi connectivity index (χ0) is 17.4. The van der Waals surface area contributed by atoms with Gasteiger partial charge >= 0.3 is 5.97 Å². The molecule has 3 fully saturated rings. The molecule has 2 saturated heterocycles. The van der Waals surface area contributed by atoms with E-state index in [1.54, 1.807) is 0 Å². The van der Waals surface area contributed by atoms with E-state index in [-0.39, 0.29) is 17.5 Å². The van der Waals surface area contributed by atoms with Crippen molar-refractivity contribution in [3.8, 4) is 0 Å². The monoisotopic (exact) mass is 345 g/mol. The number of hydrogen-bond donors (Lipinski definition) is 1. The van der Waals surface area contributed by atoms with Crippen LogP contribution < -0.4 is 5.32 Å². The fourth-order valence-electron chi connectivity index (χ4n) is 3.82. The number of hydrogen-bond acceptors (Lipinski definition) is 6. The maximum absolute atomic E-state index is 12.5. The molecule has 0 spiro atoms. The topological polar surface area (TPSA) is 80.8 Å². The van der Waals surface area contributed by atoms with Crippen molar-refractivity contribution in [2.24, 2.45) is 5.92 Å². The van der Waals surface area contributed by atoms with E-state index < -0.39 is 5.97 Å². The number of carbonyl (C=O) groups is 2. The van der Waals surface area contributed by atoms with Gasteiger partial charge in [0.15, 0.2) is 0 Å². The van der Waals surface area contributed by atoms with Crippen molar-refractivity contribution in [1.82, 2.24) is 15.2 Å². The number of ether oxygens (including phenoxy) is 2. The average Bonchev–Trinajstić information content (AvgIpc) is 3.41. The Hall–Kier alpha value is -1.99. The third-order valence-corrected chi connectivity index (χ3v) is 5.35. The second-order valence-electron chi connectivity index (χ2n) is 7.18. The molecule has 1 aliphatic carbocycles. The van der Waals surface area contributed by atoms with Crippen molar-refractivity contribution in [3.63, 3.8) is 0 Å². The maximum Gasteiger partial charge on any atom is 0.339 e. The lowest BCUT2D eigenvalue weighted by molar-refractivity contribution is -0.0581. The number of pyridine rings is 1. The van der Waals surface area contributed by atoms with E-state index in [1.807, 2.05) is 0 Å². The number of nitrogens with zero attached hydrogens (tertiary/aromatic N) is 2. The minimum Gasteiger partial charge on any atom is -0.465 e. The summed E-state index contributed by atoms with van der Waals surface area (Å²) >= 11 is 0. The van der Waals surface area contributed by atoms with Crippen molar-refractivity contribution in [2.45, 2.75) is 37.5 Å². The number of nitrogens with one attached hydrogen (secondary N) is 1. The largest absolute Gasteiger partial charge is 0.465 e. The van der Waals surface area contributed by atoms with E-state index in [1.165, 1.54) is 38.4 Å². The highest BCUT2D eigenvalue weighted by molar-refractivity contribution is 5.97. The summed E-state index contributed by atoms with van der Waals surface area (Å²) in [6.07, 6.45) is 6.70. The molecule has 1 amide bonds. The Kier molecular flexibility index (Phi) is 4.43. The molecule has 0 unspecified atom stereocenters. The highest BCUT2D eigenvalue weighted by Gasteiger charge is 2.42. The molecule has 0 aromatic carbocycles. The first kappa shape index (κ1) is 16.5. The van der Waals surface area contributed by atoms with Gasteiger partial charge in [0, 0.05) is 37.6 Å². The highest BCUT2D eigenvalue weighted by Crippen LogP contribution is 2.37. The lowest BCUT2D eigenvalue weighted by Crippen LogP contribution is -2.47. The van der Waals surface area contributed by atoms with Gasteiger partial charge in [-0.25, -0.2) is 4.79 Å². The van der Waals surface area contributed by atoms with Crippen LogP contribution in [0.15, 0.2) is 18.5 Å². The predicted octanol–water partition coefficient (Wildman–Crippen LogP) is 0.850. The molecule has 3 heterocycles. The molecular weight excluding hydrogens is 322 g/mol. The fraction of sp³-hybridized carbons (Fsp3) is 0.611. The molecule has 134 valence electrons. The van der Waals surface area contributed by atoms with E-state index in [0.717, 1.165) is 32.0 Å². The second-order valence-corrected chi connectivity index (χ2v) is 7.18. The van der Waals surface area contributed by atoms with Crippen LogP contribution in [0.4, 0.5) is 0 Å². The first-order valence-corrected chi connectivity index (χ1v) is 8.84. The molecular formula is C18H23N3O4. The molecule has 1 saturated carbocycles. The molecule has 2 aliphatic heterocycles. The predicted molar refractivity (Wildman–Crippen MR) is 89.3 cm³/mol. The third-order valence-electron chi connectivity index (χ3n) is 5.35. The zero-order valence-electron chi connectivity index (χ0n) is 14.3. The lowest BCUT2D eigenvalue weighted by Gasteiger charge is -2.35. The normalized spacial score (nSPS) is 29.1. The third kappa shape index (κ3) is 3.52. The lowest BCUT2D eigenvalue weighted by atomic mass is 10.1. The number of fused-ring (bicyclic) bond motifs is 1. The summed E-state index contributed by atoms with van der Waals surface area (Å²) in [5, 5.41) is 3.07. The summed E-state index contributed by atoms with van der Waals surface area (Å²) in [5.41, 5.74) is 0.652. The number of methoxy groups -OCH3 is 1. The fourth-order valence-corrected chi connectivity index (χ4v) is 3.82. The van der Waals surface area contributed by atoms with Crippen molar-refractivity contribution in [2.75, 3.05) is 26.8 Å². The first-order chi connectivity index (χ1) is 12.1. The molecule has 1 aromatic heterocycles. The van der Waals surface area contributed by atoms with E-state index in [4.69, 9.17) is 4.74 Å². The van der Waals surface area contributed by atoms with Gasteiger partial charge in [-0.3, -0.25) is 14.7 Å². The Morgan fingerprint density at radius 1 is 1.28 bits per heavy atom. The van der Waals surface area contributed by atoms with Crippen LogP contribution in [-0.2, 0) is 9.47 Å². The van der Waals surface area contributed by atoms with Crippen molar-refractivity contribution >= 4 is 11.9 Å². The van der Waals surface area contributed by atoms with Gasteiger partial charge in [-0.05, 0) is 31.2 Å². The molecule has 1 N–H and O–H groups in total. The van der Waals surface area contributed by atoms with Gasteiger partial charge in [0.2, 0.25) is 0 Å². The molecule has 3 aliphatic rings. The van der Waals surface area contributed by atoms with Gasteiger partial charge in [0.05, 0.1) is 30.9 Å². The molecule has 25 heavy (non-hydrogen) atoms. The smallest absolute Gasteiger partial charge is 0.339 e. The summed E-state index contributed by atoms with van der Waals surface area (Å²) in [5.74, 6) is 0.0351. The molecule has 4 rings (SSSR count). The van der Waals surface area contributed by atoms with Crippen LogP contribution in [0.5, 0.6) is 0 Å². The van der Waals surface area contributed by atoms with E-state index >= 15 is 0 Å². The SMILES string of the molecule is COC(=O)c1cncc(C(=O)N[C@H]2C[C@H]3CO[C@@H](C4CC4)CN3C2)c1. The number of rotatable bonds is 4. The summed E-state index contributed by atoms with van der Waals surface area (Å²) in [4.78, 5) is 30.5. The van der Waals surface area contributed by atoms with Crippen LogP contribution in [0.2, 0.25) is 0 Å². The summed E-state index contributed by atoms with van der Waals surface area (Å²) < 4.78 is 10.7. The highest BCUT2D eigenvalue weighted by atomic mass is 16.5. The van der Waals surface area contributed by atoms with Crippen molar-refractivity contribution in [3.05, 3.63) is 29.6 Å². The van der Waals surface area contributed by atoms with Gasteiger partial charge in [-0.1, -0.05) is 0 Å². The number of amides is 1. The van der Waals surface area contributed by atoms with Crippen LogP contribution in [0.25, 0.3) is 0 Å². The molecule has 0 bridgehead atoms. The van der Waals surface area contributed by atoms with Crippen LogP contribution in [0, 0.1) is 5.92 Å². The molecule has 7 heteroatoms. The van der Waals surface area contributed by atoms with E-state index in [9.17, 15) is 9.59 Å². The van der Waals surface area contributed by atoms with Crippen LogP contribution in [0.1, 0.15) is 40.0 Å². The minimum atomic E-state index is -0.497. The number of carbonyl (C=O) groups excluding carboxylic acids is 2. The summed E-state index contributed by atoms with van der Waals surface area (Å²) in [7, 11) is 1.31. The number of esters is 1. The van der Waals surface area contributed by atoms with Crippen molar-refractivity contribution < 1.29 is 19.1 Å². The van der Waals surface area contributed by atoms with Gasteiger partial charge in [-0.15, -0.1) is 0 Å².